The van der Waals surface area contributed by atoms with Gasteiger partial charge in [0.05, 0.1) is 0 Å². The van der Waals surface area contributed by atoms with E-state index >= 15 is 0 Å². The third-order valence-electron chi connectivity index (χ3n) is 1.83. The number of hydrogen-bond acceptors (Lipinski definition) is 3. The first-order valence-electron chi connectivity index (χ1n) is 5.08. The van der Waals surface area contributed by atoms with Crippen molar-refractivity contribution in [3.05, 3.63) is 0 Å². The Labute approximate surface area is 99.8 Å². The Bertz CT molecular complexity index is 264. The standard InChI is InChI=1S/C11H20F2O2S/c1-9(2,3)7(14)11(12,13)8(15)16-10(4,5)6/h7,14H,1-6H3. The van der Waals surface area contributed by atoms with Crippen LogP contribution in [0.15, 0.2) is 0 Å². The molecule has 0 fully saturated rings. The fourth-order valence-electron chi connectivity index (χ4n) is 1.00. The van der Waals surface area contributed by atoms with Crippen LogP contribution in [0.4, 0.5) is 8.78 Å². The summed E-state index contributed by atoms with van der Waals surface area (Å²) in [7, 11) is 0. The van der Waals surface area contributed by atoms with Gasteiger partial charge in [-0.3, -0.25) is 4.79 Å². The van der Waals surface area contributed by atoms with Gasteiger partial charge >= 0.3 is 5.92 Å². The second kappa shape index (κ2) is 4.61. The van der Waals surface area contributed by atoms with Crippen molar-refractivity contribution >= 4 is 16.9 Å². The molecule has 0 saturated heterocycles. The molecule has 2 nitrogen and oxygen atoms in total. The van der Waals surface area contributed by atoms with Crippen LogP contribution in [0.1, 0.15) is 41.5 Å². The van der Waals surface area contributed by atoms with Crippen molar-refractivity contribution in [3.8, 4) is 0 Å². The SMILES string of the molecule is CC(C)(C)SC(=O)C(F)(F)C(O)C(C)(C)C. The Morgan fingerprint density at radius 1 is 1.12 bits per heavy atom. The topological polar surface area (TPSA) is 37.3 Å². The van der Waals surface area contributed by atoms with E-state index in [1.54, 1.807) is 20.8 Å². The highest BCUT2D eigenvalue weighted by Gasteiger charge is 2.52. The Balaban J connectivity index is 4.86. The van der Waals surface area contributed by atoms with Crippen LogP contribution >= 0.6 is 11.8 Å². The Kier molecular flexibility index (Phi) is 4.56. The Hall–Kier alpha value is -0.160. The van der Waals surface area contributed by atoms with Crippen molar-refractivity contribution in [2.45, 2.75) is 58.3 Å². The van der Waals surface area contributed by atoms with Crippen molar-refractivity contribution in [2.24, 2.45) is 5.41 Å². The van der Waals surface area contributed by atoms with Crippen LogP contribution in [0, 0.1) is 5.41 Å². The van der Waals surface area contributed by atoms with E-state index in [4.69, 9.17) is 0 Å². The summed E-state index contributed by atoms with van der Waals surface area (Å²) in [5.41, 5.74) is -1.03. The number of aliphatic hydroxyl groups is 1. The van der Waals surface area contributed by atoms with E-state index in [1.807, 2.05) is 0 Å². The molecule has 0 aliphatic rings. The van der Waals surface area contributed by atoms with Crippen molar-refractivity contribution in [1.29, 1.82) is 0 Å². The van der Waals surface area contributed by atoms with Gasteiger partial charge in [-0.2, -0.15) is 8.78 Å². The monoisotopic (exact) mass is 254 g/mol. The van der Waals surface area contributed by atoms with Gasteiger partial charge in [-0.25, -0.2) is 0 Å². The van der Waals surface area contributed by atoms with Gasteiger partial charge in [0.25, 0.3) is 5.12 Å². The van der Waals surface area contributed by atoms with E-state index in [0.29, 0.717) is 11.8 Å². The zero-order valence-corrected chi connectivity index (χ0v) is 11.4. The molecular formula is C11H20F2O2S. The summed E-state index contributed by atoms with van der Waals surface area (Å²) in [5, 5.41) is 8.22. The molecule has 1 atom stereocenters. The highest BCUT2D eigenvalue weighted by Crippen LogP contribution is 2.38. The second-order valence-electron chi connectivity index (χ2n) is 5.89. The van der Waals surface area contributed by atoms with Gasteiger partial charge in [0.2, 0.25) is 0 Å². The van der Waals surface area contributed by atoms with Gasteiger partial charge in [-0.05, 0) is 5.41 Å². The van der Waals surface area contributed by atoms with E-state index in [9.17, 15) is 18.7 Å². The molecular weight excluding hydrogens is 234 g/mol. The average Bonchev–Trinajstić information content (AvgIpc) is 1.97. The van der Waals surface area contributed by atoms with Gasteiger partial charge in [-0.1, -0.05) is 53.3 Å². The minimum Gasteiger partial charge on any atom is -0.386 e. The summed E-state index contributed by atoms with van der Waals surface area (Å²) in [6.45, 7) is 9.45. The number of aliphatic hydroxyl groups excluding tert-OH is 1. The maximum Gasteiger partial charge on any atom is 0.340 e. The minimum atomic E-state index is -3.71. The Morgan fingerprint density at radius 3 is 1.75 bits per heavy atom. The van der Waals surface area contributed by atoms with Crippen molar-refractivity contribution < 1.29 is 18.7 Å². The molecule has 0 aromatic carbocycles. The van der Waals surface area contributed by atoms with Crippen LogP contribution in [-0.4, -0.2) is 27.0 Å². The lowest BCUT2D eigenvalue weighted by Crippen LogP contribution is -2.48. The van der Waals surface area contributed by atoms with Crippen LogP contribution < -0.4 is 0 Å². The van der Waals surface area contributed by atoms with Crippen molar-refractivity contribution in [2.75, 3.05) is 0 Å². The molecule has 0 aliphatic carbocycles. The molecule has 1 N–H and O–H groups in total. The first kappa shape index (κ1) is 15.8. The summed E-state index contributed by atoms with van der Waals surface area (Å²) in [6.07, 6.45) is -1.97. The predicted molar refractivity (Wildman–Crippen MR) is 62.8 cm³/mol. The second-order valence-corrected chi connectivity index (χ2v) is 7.69. The molecule has 96 valence electrons. The zero-order valence-electron chi connectivity index (χ0n) is 10.6. The molecule has 0 aromatic rings. The van der Waals surface area contributed by atoms with Crippen molar-refractivity contribution in [1.82, 2.24) is 0 Å². The number of rotatable bonds is 2. The number of hydrogen-bond donors (Lipinski definition) is 1. The predicted octanol–water partition coefficient (Wildman–Crippen LogP) is 3.09. The first-order valence-corrected chi connectivity index (χ1v) is 5.89. The fourth-order valence-corrected chi connectivity index (χ4v) is 1.81. The van der Waals surface area contributed by atoms with Crippen LogP contribution in [-0.2, 0) is 4.79 Å². The molecule has 16 heavy (non-hydrogen) atoms. The maximum absolute atomic E-state index is 13.6. The van der Waals surface area contributed by atoms with E-state index < -0.39 is 27.3 Å². The smallest absolute Gasteiger partial charge is 0.340 e. The highest BCUT2D eigenvalue weighted by molar-refractivity contribution is 8.14. The number of alkyl halides is 2. The molecule has 0 rings (SSSR count). The first-order chi connectivity index (χ1) is 6.78. The molecule has 0 aliphatic heterocycles. The normalized spacial score (nSPS) is 16.1. The summed E-state index contributed by atoms with van der Waals surface area (Å²) in [6, 6.07) is 0. The number of carbonyl (C=O) groups excluding carboxylic acids is 1. The van der Waals surface area contributed by atoms with E-state index in [-0.39, 0.29) is 0 Å². The lowest BCUT2D eigenvalue weighted by molar-refractivity contribution is -0.165. The number of thioether (sulfide) groups is 1. The van der Waals surface area contributed by atoms with Crippen LogP contribution in [0.5, 0.6) is 0 Å². The van der Waals surface area contributed by atoms with Gasteiger partial charge in [0.1, 0.15) is 6.10 Å². The molecule has 0 heterocycles. The number of halogens is 2. The summed E-state index contributed by atoms with van der Waals surface area (Å²) in [5.74, 6) is -3.71. The molecule has 0 bridgehead atoms. The van der Waals surface area contributed by atoms with Crippen LogP contribution in [0.25, 0.3) is 0 Å². The molecule has 0 spiro atoms. The average molecular weight is 254 g/mol. The maximum atomic E-state index is 13.6. The summed E-state index contributed by atoms with van der Waals surface area (Å²) < 4.78 is 26.6. The lowest BCUT2D eigenvalue weighted by atomic mass is 9.85. The van der Waals surface area contributed by atoms with E-state index in [0.717, 1.165) is 0 Å². The minimum absolute atomic E-state index is 0.559. The van der Waals surface area contributed by atoms with E-state index in [1.165, 1.54) is 20.8 Å². The third kappa shape index (κ3) is 4.37. The fraction of sp³-hybridized carbons (Fsp3) is 0.909. The van der Waals surface area contributed by atoms with Gasteiger partial charge < -0.3 is 5.11 Å². The lowest BCUT2D eigenvalue weighted by Gasteiger charge is -2.32. The Morgan fingerprint density at radius 2 is 1.50 bits per heavy atom. The molecule has 0 amide bonds. The van der Waals surface area contributed by atoms with Crippen LogP contribution in [0.2, 0.25) is 0 Å². The van der Waals surface area contributed by atoms with E-state index in [2.05, 4.69) is 0 Å². The quantitative estimate of drug-likeness (QED) is 0.822. The summed E-state index contributed by atoms with van der Waals surface area (Å²) in [4.78, 5) is 11.4. The summed E-state index contributed by atoms with van der Waals surface area (Å²) >= 11 is 0.559. The third-order valence-corrected chi connectivity index (χ3v) is 2.90. The van der Waals surface area contributed by atoms with Gasteiger partial charge in [-0.15, -0.1) is 0 Å². The zero-order chi connectivity index (χ0) is 13.4. The van der Waals surface area contributed by atoms with Gasteiger partial charge in [0, 0.05) is 4.75 Å². The largest absolute Gasteiger partial charge is 0.386 e. The van der Waals surface area contributed by atoms with Crippen molar-refractivity contribution in [3.63, 3.8) is 0 Å². The number of carbonyl (C=O) groups is 1. The molecule has 0 saturated carbocycles. The highest BCUT2D eigenvalue weighted by atomic mass is 32.2. The molecule has 0 radical (unpaired) electrons. The molecule has 1 unspecified atom stereocenters. The molecule has 5 heteroatoms. The van der Waals surface area contributed by atoms with Gasteiger partial charge in [0.15, 0.2) is 0 Å². The van der Waals surface area contributed by atoms with Crippen LogP contribution in [0.3, 0.4) is 0 Å². The molecule has 0 aromatic heterocycles.